The Labute approximate surface area is 268 Å². The Bertz CT molecular complexity index is 404. The van der Waals surface area contributed by atoms with Crippen molar-refractivity contribution in [3.63, 3.8) is 0 Å². The molecule has 0 rings (SSSR count). The molecule has 0 fully saturated rings. The molecule has 0 amide bonds. The number of quaternary nitrogens is 1. The van der Waals surface area contributed by atoms with Gasteiger partial charge in [0.25, 0.3) is 0 Å². The summed E-state index contributed by atoms with van der Waals surface area (Å²) in [6, 6.07) is 0. The van der Waals surface area contributed by atoms with Crippen molar-refractivity contribution in [1.82, 2.24) is 0 Å². The molecular formula is C38H82ClNO. The van der Waals surface area contributed by atoms with Gasteiger partial charge in [-0.1, -0.05) is 194 Å². The minimum atomic E-state index is 0. The van der Waals surface area contributed by atoms with Crippen molar-refractivity contribution in [2.75, 3.05) is 27.2 Å². The van der Waals surface area contributed by atoms with Crippen LogP contribution in [0.1, 0.15) is 219 Å². The lowest BCUT2D eigenvalue weighted by Gasteiger charge is -2.30. The fourth-order valence-electron chi connectivity index (χ4n) is 6.29. The number of nitrogens with zero attached hydrogens (tertiary/aromatic N) is 1. The zero-order chi connectivity index (χ0) is 28.5. The predicted octanol–water partition coefficient (Wildman–Crippen LogP) is 9.77. The van der Waals surface area contributed by atoms with Gasteiger partial charge in [-0.2, -0.15) is 0 Å². The molecule has 2 nitrogen and oxygen atoms in total. The third-order valence-electron chi connectivity index (χ3n) is 9.23. The molecule has 0 saturated heterocycles. The van der Waals surface area contributed by atoms with E-state index in [1.54, 1.807) is 0 Å². The van der Waals surface area contributed by atoms with Crippen molar-refractivity contribution in [2.24, 2.45) is 0 Å². The van der Waals surface area contributed by atoms with Gasteiger partial charge in [-0.15, -0.1) is 0 Å². The lowest BCUT2D eigenvalue weighted by atomic mass is 10.0. The average Bonchev–Trinajstić information content (AvgIpc) is 2.92. The zero-order valence-electron chi connectivity index (χ0n) is 29.4. The summed E-state index contributed by atoms with van der Waals surface area (Å²) in [5, 5.41) is 0. The second-order valence-corrected chi connectivity index (χ2v) is 14.0. The first-order chi connectivity index (χ1) is 19.1. The molecule has 0 bridgehead atoms. The Morgan fingerprint density at radius 3 is 0.585 bits per heavy atom. The summed E-state index contributed by atoms with van der Waals surface area (Å²) >= 11 is 0. The molecule has 0 aliphatic rings. The van der Waals surface area contributed by atoms with Gasteiger partial charge in [-0.05, 0) is 25.7 Å². The van der Waals surface area contributed by atoms with Crippen molar-refractivity contribution in [3.8, 4) is 0 Å². The van der Waals surface area contributed by atoms with Gasteiger partial charge in [0.2, 0.25) is 0 Å². The molecule has 2 N–H and O–H groups in total. The quantitative estimate of drug-likeness (QED) is 0.0518. The van der Waals surface area contributed by atoms with E-state index in [2.05, 4.69) is 27.9 Å². The highest BCUT2D eigenvalue weighted by molar-refractivity contribution is 4.52. The molecule has 0 aliphatic heterocycles. The summed E-state index contributed by atoms with van der Waals surface area (Å²) in [5.74, 6) is 0. The molecular weight excluding hydrogens is 522 g/mol. The van der Waals surface area contributed by atoms with Crippen LogP contribution in [0, 0.1) is 0 Å². The second kappa shape index (κ2) is 38.2. The molecule has 3 heteroatoms. The van der Waals surface area contributed by atoms with Gasteiger partial charge in [-0.25, -0.2) is 0 Å². The van der Waals surface area contributed by atoms with Gasteiger partial charge in [0, 0.05) is 0 Å². The molecule has 0 unspecified atom stereocenters. The number of halogens is 1. The summed E-state index contributed by atoms with van der Waals surface area (Å²) in [6.45, 7) is 7.39. The van der Waals surface area contributed by atoms with Crippen LogP contribution < -0.4 is 12.4 Å². The fraction of sp³-hybridized carbons (Fsp3) is 1.00. The molecule has 252 valence electrons. The largest absolute Gasteiger partial charge is 1.00 e. The molecule has 0 heterocycles. The Morgan fingerprint density at radius 2 is 0.415 bits per heavy atom. The van der Waals surface area contributed by atoms with E-state index < -0.39 is 0 Å². The summed E-state index contributed by atoms with van der Waals surface area (Å²) in [4.78, 5) is 0. The van der Waals surface area contributed by atoms with Gasteiger partial charge in [0.15, 0.2) is 0 Å². The molecule has 0 saturated carbocycles. The van der Waals surface area contributed by atoms with E-state index in [1.807, 2.05) is 0 Å². The number of hydrogen-bond donors (Lipinski definition) is 0. The maximum Gasteiger partial charge on any atom is 0.0782 e. The van der Waals surface area contributed by atoms with Gasteiger partial charge in [-0.3, -0.25) is 0 Å². The average molecular weight is 605 g/mol. The third kappa shape index (κ3) is 40.2. The van der Waals surface area contributed by atoms with E-state index in [4.69, 9.17) is 0 Å². The molecule has 0 radical (unpaired) electrons. The van der Waals surface area contributed by atoms with Crippen LogP contribution >= 0.6 is 0 Å². The van der Waals surface area contributed by atoms with Crippen LogP contribution in [0.3, 0.4) is 0 Å². The summed E-state index contributed by atoms with van der Waals surface area (Å²) in [6.07, 6.45) is 46.9. The van der Waals surface area contributed by atoms with E-state index in [0.29, 0.717) is 0 Å². The first-order valence-corrected chi connectivity index (χ1v) is 18.9. The fourth-order valence-corrected chi connectivity index (χ4v) is 6.29. The van der Waals surface area contributed by atoms with Gasteiger partial charge in [0.05, 0.1) is 27.2 Å². The Morgan fingerprint density at radius 1 is 0.268 bits per heavy atom. The number of rotatable bonds is 34. The van der Waals surface area contributed by atoms with E-state index in [0.717, 1.165) is 0 Å². The van der Waals surface area contributed by atoms with Crippen molar-refractivity contribution >= 4 is 0 Å². The van der Waals surface area contributed by atoms with Crippen molar-refractivity contribution in [1.29, 1.82) is 0 Å². The summed E-state index contributed by atoms with van der Waals surface area (Å²) in [5.41, 5.74) is 0. The minimum absolute atomic E-state index is 0. The highest BCUT2D eigenvalue weighted by atomic mass is 35.5. The van der Waals surface area contributed by atoms with Crippen LogP contribution in [0.4, 0.5) is 0 Å². The van der Waals surface area contributed by atoms with Gasteiger partial charge >= 0.3 is 0 Å². The maximum absolute atomic E-state index is 2.47. The van der Waals surface area contributed by atoms with Crippen LogP contribution in [-0.2, 0) is 0 Å². The molecule has 0 aromatic rings. The SMILES string of the molecule is CCCCCCCCCCCCCCCCCC[N+](C)(C)CCCCCCCCCCCCCCCCCC.O.[Cl-]. The first-order valence-electron chi connectivity index (χ1n) is 18.9. The van der Waals surface area contributed by atoms with Crippen molar-refractivity contribution in [3.05, 3.63) is 0 Å². The van der Waals surface area contributed by atoms with Gasteiger partial charge in [0.1, 0.15) is 0 Å². The van der Waals surface area contributed by atoms with Crippen LogP contribution in [0.25, 0.3) is 0 Å². The van der Waals surface area contributed by atoms with Gasteiger partial charge < -0.3 is 22.4 Å². The molecule has 41 heavy (non-hydrogen) atoms. The van der Waals surface area contributed by atoms with E-state index in [-0.39, 0.29) is 17.9 Å². The predicted molar refractivity (Wildman–Crippen MR) is 185 cm³/mol. The number of hydrogen-bond acceptors (Lipinski definition) is 0. The summed E-state index contributed by atoms with van der Waals surface area (Å²) < 4.78 is 1.25. The summed E-state index contributed by atoms with van der Waals surface area (Å²) in [7, 11) is 4.94. The van der Waals surface area contributed by atoms with E-state index in [9.17, 15) is 0 Å². The van der Waals surface area contributed by atoms with Crippen LogP contribution in [0.15, 0.2) is 0 Å². The third-order valence-corrected chi connectivity index (χ3v) is 9.23. The number of unbranched alkanes of at least 4 members (excludes halogenated alkanes) is 30. The van der Waals surface area contributed by atoms with Crippen LogP contribution in [0.2, 0.25) is 0 Å². The van der Waals surface area contributed by atoms with Crippen molar-refractivity contribution in [2.45, 2.75) is 219 Å². The Hall–Kier alpha value is 0.210. The molecule has 0 spiro atoms. The standard InChI is InChI=1S/C38H80N.ClH.H2O/c1-5-7-9-11-13-15-17-19-21-23-25-27-29-31-33-35-37-39(3,4)38-36-34-32-30-28-26-24-22-20-18-16-14-12-10-8-6-2;;/h5-38H2,1-4H3;1H;1H2/q+1;;/p-1. The maximum atomic E-state index is 2.47. The monoisotopic (exact) mass is 604 g/mol. The molecule has 0 aliphatic carbocycles. The van der Waals surface area contributed by atoms with Crippen LogP contribution in [-0.4, -0.2) is 37.1 Å². The van der Waals surface area contributed by atoms with Crippen LogP contribution in [0.5, 0.6) is 0 Å². The highest BCUT2D eigenvalue weighted by Crippen LogP contribution is 2.16. The normalized spacial score (nSPS) is 11.4. The lowest BCUT2D eigenvalue weighted by molar-refractivity contribution is -0.890. The lowest BCUT2D eigenvalue weighted by Crippen LogP contribution is -3.00. The Balaban J connectivity index is -0.00000722. The van der Waals surface area contributed by atoms with E-state index in [1.165, 1.54) is 223 Å². The zero-order valence-corrected chi connectivity index (χ0v) is 30.1. The highest BCUT2D eigenvalue weighted by Gasteiger charge is 2.13. The molecule has 0 aromatic heterocycles. The topological polar surface area (TPSA) is 31.5 Å². The Kier molecular flexibility index (Phi) is 42.6. The molecule has 0 atom stereocenters. The van der Waals surface area contributed by atoms with Crippen molar-refractivity contribution < 1.29 is 22.4 Å². The first kappa shape index (κ1) is 45.6. The smallest absolute Gasteiger partial charge is 0.0782 e. The second-order valence-electron chi connectivity index (χ2n) is 14.0. The molecule has 0 aromatic carbocycles. The minimum Gasteiger partial charge on any atom is -1.00 e. The van der Waals surface area contributed by atoms with E-state index >= 15 is 0 Å².